The fraction of sp³-hybridized carbons (Fsp3) is 0.538. The van der Waals surface area contributed by atoms with E-state index in [1.807, 2.05) is 6.07 Å². The zero-order valence-electron chi connectivity index (χ0n) is 10.0. The van der Waals surface area contributed by atoms with Gasteiger partial charge in [0.15, 0.2) is 12.4 Å². The predicted molar refractivity (Wildman–Crippen MR) is 60.7 cm³/mol. The molecular formula is C13H14F2O4. The van der Waals surface area contributed by atoms with Crippen molar-refractivity contribution in [3.63, 3.8) is 0 Å². The Balaban J connectivity index is 1.81. The molecule has 4 nitrogen and oxygen atoms in total. The van der Waals surface area contributed by atoms with Crippen LogP contribution >= 0.6 is 0 Å². The van der Waals surface area contributed by atoms with Crippen molar-refractivity contribution in [2.24, 2.45) is 0 Å². The third kappa shape index (κ3) is 2.25. The molecule has 2 aliphatic rings. The van der Waals surface area contributed by atoms with E-state index in [0.717, 1.165) is 0 Å². The number of alkyl halides is 2. The summed E-state index contributed by atoms with van der Waals surface area (Å²) >= 11 is 0. The van der Waals surface area contributed by atoms with Gasteiger partial charge in [0.2, 0.25) is 0 Å². The molecule has 6 heteroatoms. The molecule has 104 valence electrons. The van der Waals surface area contributed by atoms with Crippen LogP contribution in [0, 0.1) is 0 Å². The Morgan fingerprint density at radius 2 is 1.84 bits per heavy atom. The minimum absolute atomic E-state index is 0.0204. The van der Waals surface area contributed by atoms with E-state index in [4.69, 9.17) is 14.2 Å². The minimum atomic E-state index is -3.33. The number of ether oxygens (including phenoxy) is 3. The summed E-state index contributed by atoms with van der Waals surface area (Å²) in [5.74, 6) is -3.33. The monoisotopic (exact) mass is 272 g/mol. The molecule has 0 spiro atoms. The van der Waals surface area contributed by atoms with Gasteiger partial charge in [0.1, 0.15) is 12.2 Å². The highest BCUT2D eigenvalue weighted by molar-refractivity contribution is 5.16. The molecule has 0 bridgehead atoms. The molecule has 0 aromatic heterocycles. The van der Waals surface area contributed by atoms with Crippen molar-refractivity contribution in [1.82, 2.24) is 0 Å². The van der Waals surface area contributed by atoms with Crippen molar-refractivity contribution in [2.75, 3.05) is 13.2 Å². The van der Waals surface area contributed by atoms with Gasteiger partial charge in [-0.15, -0.1) is 0 Å². The number of hydrogen-bond donors (Lipinski definition) is 1. The predicted octanol–water partition coefficient (Wildman–Crippen LogP) is 1.50. The van der Waals surface area contributed by atoms with E-state index in [1.54, 1.807) is 24.3 Å². The van der Waals surface area contributed by atoms with Crippen LogP contribution in [0.2, 0.25) is 0 Å². The average Bonchev–Trinajstić information content (AvgIpc) is 2.44. The lowest BCUT2D eigenvalue weighted by Gasteiger charge is -2.44. The molecule has 2 fully saturated rings. The molecule has 0 saturated carbocycles. The van der Waals surface area contributed by atoms with Crippen LogP contribution in [-0.2, 0) is 14.2 Å². The number of halogens is 2. The second-order valence-corrected chi connectivity index (χ2v) is 4.69. The smallest absolute Gasteiger partial charge is 0.303 e. The Bertz CT molecular complexity index is 440. The van der Waals surface area contributed by atoms with E-state index in [0.29, 0.717) is 5.56 Å². The highest BCUT2D eigenvalue weighted by Gasteiger charge is 2.57. The Labute approximate surface area is 108 Å². The van der Waals surface area contributed by atoms with Gasteiger partial charge in [0.05, 0.1) is 13.2 Å². The van der Waals surface area contributed by atoms with Gasteiger partial charge in [0, 0.05) is 5.56 Å². The summed E-state index contributed by atoms with van der Waals surface area (Å²) in [7, 11) is 0. The van der Waals surface area contributed by atoms with E-state index in [-0.39, 0.29) is 6.61 Å². The van der Waals surface area contributed by atoms with E-state index in [9.17, 15) is 13.9 Å². The van der Waals surface area contributed by atoms with Crippen LogP contribution < -0.4 is 0 Å². The summed E-state index contributed by atoms with van der Waals surface area (Å²) < 4.78 is 43.7. The van der Waals surface area contributed by atoms with Gasteiger partial charge in [-0.05, 0) is 0 Å². The Morgan fingerprint density at radius 3 is 2.58 bits per heavy atom. The molecule has 1 N–H and O–H groups in total. The molecule has 2 heterocycles. The lowest BCUT2D eigenvalue weighted by atomic mass is 9.98. The SMILES string of the molecule is O[C@H]1COC2CO[C@@H](c3ccccc3)OC2C1(F)F. The first-order chi connectivity index (χ1) is 9.09. The van der Waals surface area contributed by atoms with Crippen LogP contribution in [0.15, 0.2) is 30.3 Å². The molecule has 1 aromatic rings. The first kappa shape index (κ1) is 12.9. The van der Waals surface area contributed by atoms with Crippen LogP contribution in [0.3, 0.4) is 0 Å². The number of hydrogen-bond acceptors (Lipinski definition) is 4. The van der Waals surface area contributed by atoms with E-state index < -0.39 is 37.1 Å². The number of fused-ring (bicyclic) bond motifs is 1. The van der Waals surface area contributed by atoms with Crippen molar-refractivity contribution in [3.8, 4) is 0 Å². The van der Waals surface area contributed by atoms with Crippen LogP contribution in [0.1, 0.15) is 11.9 Å². The summed E-state index contributed by atoms with van der Waals surface area (Å²) in [6, 6.07) is 8.85. The molecule has 2 aliphatic heterocycles. The third-order valence-corrected chi connectivity index (χ3v) is 3.38. The maximum Gasteiger partial charge on any atom is 0.303 e. The van der Waals surface area contributed by atoms with Crippen molar-refractivity contribution in [1.29, 1.82) is 0 Å². The second kappa shape index (κ2) is 4.79. The normalized spacial score (nSPS) is 37.6. The second-order valence-electron chi connectivity index (χ2n) is 4.69. The van der Waals surface area contributed by atoms with Crippen LogP contribution in [0.25, 0.3) is 0 Å². The molecular weight excluding hydrogens is 258 g/mol. The molecule has 0 radical (unpaired) electrons. The van der Waals surface area contributed by atoms with E-state index in [2.05, 4.69) is 0 Å². The van der Waals surface area contributed by atoms with Crippen LogP contribution in [0.4, 0.5) is 8.78 Å². The molecule has 2 unspecified atom stereocenters. The van der Waals surface area contributed by atoms with Gasteiger partial charge < -0.3 is 19.3 Å². The first-order valence-electron chi connectivity index (χ1n) is 6.08. The molecule has 1 aromatic carbocycles. The Hall–Kier alpha value is -1.08. The summed E-state index contributed by atoms with van der Waals surface area (Å²) in [4.78, 5) is 0. The molecule has 19 heavy (non-hydrogen) atoms. The fourth-order valence-corrected chi connectivity index (χ4v) is 2.30. The number of aliphatic hydroxyl groups is 1. The van der Waals surface area contributed by atoms with Crippen LogP contribution in [0.5, 0.6) is 0 Å². The number of aliphatic hydroxyl groups excluding tert-OH is 1. The molecule has 2 saturated heterocycles. The minimum Gasteiger partial charge on any atom is -0.384 e. The Morgan fingerprint density at radius 1 is 1.11 bits per heavy atom. The van der Waals surface area contributed by atoms with Gasteiger partial charge in [-0.25, -0.2) is 8.78 Å². The van der Waals surface area contributed by atoms with Crippen molar-refractivity contribution in [2.45, 2.75) is 30.5 Å². The van der Waals surface area contributed by atoms with E-state index >= 15 is 0 Å². The van der Waals surface area contributed by atoms with Crippen LogP contribution in [-0.4, -0.2) is 42.6 Å². The van der Waals surface area contributed by atoms with E-state index in [1.165, 1.54) is 0 Å². The molecule has 0 aliphatic carbocycles. The van der Waals surface area contributed by atoms with Gasteiger partial charge in [-0.3, -0.25) is 0 Å². The fourth-order valence-electron chi connectivity index (χ4n) is 2.30. The first-order valence-corrected chi connectivity index (χ1v) is 6.08. The summed E-state index contributed by atoms with van der Waals surface area (Å²) in [5, 5.41) is 9.34. The lowest BCUT2D eigenvalue weighted by Crippen LogP contribution is -2.62. The standard InChI is InChI=1S/C13H14F2O4/c14-13(15)10(16)7-17-9-6-18-12(19-11(9)13)8-4-2-1-3-5-8/h1-5,9-12,16H,6-7H2/t9?,10-,11?,12+/m0/s1. The molecule has 4 atom stereocenters. The van der Waals surface area contributed by atoms with Gasteiger partial charge in [0.25, 0.3) is 0 Å². The lowest BCUT2D eigenvalue weighted by molar-refractivity contribution is -0.353. The zero-order valence-corrected chi connectivity index (χ0v) is 10.0. The topological polar surface area (TPSA) is 47.9 Å². The zero-order chi connectivity index (χ0) is 13.5. The largest absolute Gasteiger partial charge is 0.384 e. The maximum atomic E-state index is 13.9. The maximum absolute atomic E-state index is 13.9. The van der Waals surface area contributed by atoms with Gasteiger partial charge >= 0.3 is 5.92 Å². The quantitative estimate of drug-likeness (QED) is 0.841. The summed E-state index contributed by atoms with van der Waals surface area (Å²) in [6.45, 7) is -0.385. The third-order valence-electron chi connectivity index (χ3n) is 3.38. The average molecular weight is 272 g/mol. The summed E-state index contributed by atoms with van der Waals surface area (Å²) in [5.41, 5.74) is 0.664. The Kier molecular flexibility index (Phi) is 3.26. The van der Waals surface area contributed by atoms with Crippen molar-refractivity contribution >= 4 is 0 Å². The van der Waals surface area contributed by atoms with Gasteiger partial charge in [-0.2, -0.15) is 0 Å². The van der Waals surface area contributed by atoms with Gasteiger partial charge in [-0.1, -0.05) is 30.3 Å². The molecule has 0 amide bonds. The summed E-state index contributed by atoms with van der Waals surface area (Å²) in [6.07, 6.45) is -5.04. The van der Waals surface area contributed by atoms with Crippen molar-refractivity contribution in [3.05, 3.63) is 35.9 Å². The highest BCUT2D eigenvalue weighted by Crippen LogP contribution is 2.39. The molecule has 3 rings (SSSR count). The van der Waals surface area contributed by atoms with Crippen molar-refractivity contribution < 1.29 is 28.1 Å². The number of benzene rings is 1. The number of rotatable bonds is 1. The highest BCUT2D eigenvalue weighted by atomic mass is 19.3.